The average Bonchev–Trinajstić information content (AvgIpc) is 2.33. The molecule has 0 aromatic carbocycles. The molecule has 0 aliphatic carbocycles. The lowest BCUT2D eigenvalue weighted by molar-refractivity contribution is -0.179. The number of aliphatic hydroxyl groups excluding tert-OH is 1. The fraction of sp³-hybridized carbons (Fsp3) is 0.800. The molecule has 16 heavy (non-hydrogen) atoms. The number of hydrogen-bond acceptors (Lipinski definition) is 6. The second kappa shape index (κ2) is 6.44. The summed E-state index contributed by atoms with van der Waals surface area (Å²) in [6.45, 7) is 1.64. The molecule has 6 nitrogen and oxygen atoms in total. The van der Waals surface area contributed by atoms with Gasteiger partial charge in [0.05, 0.1) is 14.2 Å². The normalized spacial score (nSPS) is 13.1. The highest BCUT2D eigenvalue weighted by Crippen LogP contribution is 2.31. The van der Waals surface area contributed by atoms with Crippen LogP contribution in [0.15, 0.2) is 0 Å². The van der Waals surface area contributed by atoms with Gasteiger partial charge in [-0.25, -0.2) is 0 Å². The number of rotatable bonds is 6. The highest BCUT2D eigenvalue weighted by atomic mass is 16.6. The van der Waals surface area contributed by atoms with Crippen LogP contribution in [0.5, 0.6) is 0 Å². The molecule has 6 heteroatoms. The Morgan fingerprint density at radius 3 is 1.88 bits per heavy atom. The van der Waals surface area contributed by atoms with Crippen LogP contribution >= 0.6 is 0 Å². The lowest BCUT2D eigenvalue weighted by Crippen LogP contribution is -2.43. The largest absolute Gasteiger partial charge is 0.468 e. The smallest absolute Gasteiger partial charge is 0.323 e. The number of ether oxygens (including phenoxy) is 3. The molecule has 0 heterocycles. The minimum Gasteiger partial charge on any atom is -0.468 e. The van der Waals surface area contributed by atoms with Crippen molar-refractivity contribution in [2.24, 2.45) is 5.41 Å². The van der Waals surface area contributed by atoms with E-state index >= 15 is 0 Å². The zero-order chi connectivity index (χ0) is 12.8. The third-order valence-electron chi connectivity index (χ3n) is 2.55. The highest BCUT2D eigenvalue weighted by Gasteiger charge is 2.48. The first-order valence-corrected chi connectivity index (χ1v) is 4.86. The lowest BCUT2D eigenvalue weighted by atomic mass is 9.81. The first-order chi connectivity index (χ1) is 7.48. The van der Waals surface area contributed by atoms with Crippen molar-refractivity contribution in [2.75, 3.05) is 21.3 Å². The van der Waals surface area contributed by atoms with Crippen molar-refractivity contribution in [1.29, 1.82) is 0 Å². The molecule has 0 aliphatic heterocycles. The van der Waals surface area contributed by atoms with Crippen LogP contribution in [0, 0.1) is 5.41 Å². The summed E-state index contributed by atoms with van der Waals surface area (Å²) in [6, 6.07) is 0. The molecule has 0 fully saturated rings. The van der Waals surface area contributed by atoms with Gasteiger partial charge in [-0.2, -0.15) is 0 Å². The van der Waals surface area contributed by atoms with Gasteiger partial charge in [0.15, 0.2) is 11.7 Å². The maximum Gasteiger partial charge on any atom is 0.323 e. The molecule has 1 N–H and O–H groups in total. The van der Waals surface area contributed by atoms with Gasteiger partial charge in [0.25, 0.3) is 0 Å². The molecular weight excluding hydrogens is 216 g/mol. The number of methoxy groups -OCH3 is 3. The van der Waals surface area contributed by atoms with Crippen LogP contribution in [0.2, 0.25) is 0 Å². The summed E-state index contributed by atoms with van der Waals surface area (Å²) in [7, 11) is 3.63. The van der Waals surface area contributed by atoms with Gasteiger partial charge in [-0.15, -0.1) is 0 Å². The average molecular weight is 234 g/mol. The van der Waals surface area contributed by atoms with Gasteiger partial charge in [0, 0.05) is 13.5 Å². The van der Waals surface area contributed by atoms with Crippen molar-refractivity contribution >= 4 is 11.9 Å². The van der Waals surface area contributed by atoms with Gasteiger partial charge < -0.3 is 19.3 Å². The van der Waals surface area contributed by atoms with Gasteiger partial charge in [0.1, 0.15) is 0 Å². The van der Waals surface area contributed by atoms with Crippen molar-refractivity contribution in [3.8, 4) is 0 Å². The van der Waals surface area contributed by atoms with E-state index in [1.807, 2.05) is 0 Å². The number of hydrogen-bond donors (Lipinski definition) is 1. The van der Waals surface area contributed by atoms with E-state index in [9.17, 15) is 14.7 Å². The Morgan fingerprint density at radius 2 is 1.62 bits per heavy atom. The molecule has 0 aromatic rings. The Labute approximate surface area is 94.5 Å². The predicted octanol–water partition coefficient (Wildman–Crippen LogP) is 0.0837. The van der Waals surface area contributed by atoms with Crippen molar-refractivity contribution in [1.82, 2.24) is 0 Å². The van der Waals surface area contributed by atoms with Crippen molar-refractivity contribution in [3.63, 3.8) is 0 Å². The van der Waals surface area contributed by atoms with Crippen molar-refractivity contribution in [3.05, 3.63) is 0 Å². The van der Waals surface area contributed by atoms with Crippen LogP contribution in [0.3, 0.4) is 0 Å². The first kappa shape index (κ1) is 14.9. The summed E-state index contributed by atoms with van der Waals surface area (Å²) in [5, 5.41) is 9.38. The van der Waals surface area contributed by atoms with Crippen molar-refractivity contribution in [2.45, 2.75) is 26.1 Å². The van der Waals surface area contributed by atoms with Crippen LogP contribution < -0.4 is 0 Å². The van der Waals surface area contributed by atoms with E-state index in [0.717, 1.165) is 0 Å². The monoisotopic (exact) mass is 234 g/mol. The fourth-order valence-corrected chi connectivity index (χ4v) is 1.46. The molecule has 0 bridgehead atoms. The maximum absolute atomic E-state index is 11.6. The third-order valence-corrected chi connectivity index (χ3v) is 2.55. The molecule has 0 rings (SSSR count). The standard InChI is InChI=1S/C10H18O6/c1-5-10(8(12)15-3,9(13)16-4)6-7(11)14-2/h7,11H,5-6H2,1-4H3. The number of esters is 2. The Balaban J connectivity index is 5.11. The molecule has 1 atom stereocenters. The maximum atomic E-state index is 11.6. The topological polar surface area (TPSA) is 82.1 Å². The summed E-state index contributed by atoms with van der Waals surface area (Å²) >= 11 is 0. The van der Waals surface area contributed by atoms with Crippen molar-refractivity contribution < 1.29 is 28.9 Å². The minimum absolute atomic E-state index is 0.159. The van der Waals surface area contributed by atoms with E-state index in [2.05, 4.69) is 14.2 Å². The van der Waals surface area contributed by atoms with Crippen LogP contribution in [-0.4, -0.2) is 44.7 Å². The zero-order valence-electron chi connectivity index (χ0n) is 9.98. The zero-order valence-corrected chi connectivity index (χ0v) is 9.98. The third kappa shape index (κ3) is 2.93. The number of carbonyl (C=O) groups is 2. The number of carbonyl (C=O) groups excluding carboxylic acids is 2. The molecule has 1 unspecified atom stereocenters. The summed E-state index contributed by atoms with van der Waals surface area (Å²) in [5.41, 5.74) is -1.51. The Bertz CT molecular complexity index is 234. The molecule has 94 valence electrons. The molecule has 0 amide bonds. The summed E-state index contributed by atoms with van der Waals surface area (Å²) < 4.78 is 13.8. The van der Waals surface area contributed by atoms with Gasteiger partial charge in [-0.1, -0.05) is 6.92 Å². The quantitative estimate of drug-likeness (QED) is 0.398. The van der Waals surface area contributed by atoms with E-state index in [1.165, 1.54) is 21.3 Å². The van der Waals surface area contributed by atoms with Gasteiger partial charge in [-0.05, 0) is 6.42 Å². The Hall–Kier alpha value is -1.14. The second-order valence-electron chi connectivity index (χ2n) is 3.31. The van der Waals surface area contributed by atoms with Gasteiger partial charge >= 0.3 is 11.9 Å². The molecule has 0 radical (unpaired) electrons. The Morgan fingerprint density at radius 1 is 1.19 bits per heavy atom. The summed E-state index contributed by atoms with van der Waals surface area (Å²) in [4.78, 5) is 23.3. The van der Waals surface area contributed by atoms with E-state index in [0.29, 0.717) is 0 Å². The predicted molar refractivity (Wildman–Crippen MR) is 54.4 cm³/mol. The second-order valence-corrected chi connectivity index (χ2v) is 3.31. The van der Waals surface area contributed by atoms with E-state index in [-0.39, 0.29) is 12.8 Å². The Kier molecular flexibility index (Phi) is 5.98. The van der Waals surface area contributed by atoms with Crippen LogP contribution in [0.4, 0.5) is 0 Å². The summed E-state index contributed by atoms with van der Waals surface area (Å²) in [5.74, 6) is -1.48. The summed E-state index contributed by atoms with van der Waals surface area (Å²) in [6.07, 6.45) is -1.26. The minimum atomic E-state index is -1.51. The molecular formula is C10H18O6. The molecule has 0 spiro atoms. The van der Waals surface area contributed by atoms with Crippen LogP contribution in [0.1, 0.15) is 19.8 Å². The highest BCUT2D eigenvalue weighted by molar-refractivity contribution is 5.99. The van der Waals surface area contributed by atoms with E-state index in [4.69, 9.17) is 0 Å². The van der Waals surface area contributed by atoms with Gasteiger partial charge in [-0.3, -0.25) is 9.59 Å². The number of aliphatic hydroxyl groups is 1. The fourth-order valence-electron chi connectivity index (χ4n) is 1.46. The molecule has 0 saturated heterocycles. The molecule has 0 saturated carbocycles. The van der Waals surface area contributed by atoms with Crippen LogP contribution in [0.25, 0.3) is 0 Å². The van der Waals surface area contributed by atoms with Crippen LogP contribution in [-0.2, 0) is 23.8 Å². The SMILES string of the molecule is CCC(CC(O)OC)(C(=O)OC)C(=O)OC. The van der Waals surface area contributed by atoms with E-state index in [1.54, 1.807) is 6.92 Å². The molecule has 0 aromatic heterocycles. The van der Waals surface area contributed by atoms with E-state index < -0.39 is 23.6 Å². The first-order valence-electron chi connectivity index (χ1n) is 4.86. The molecule has 0 aliphatic rings. The lowest BCUT2D eigenvalue weighted by Gasteiger charge is -2.28. The van der Waals surface area contributed by atoms with Gasteiger partial charge in [0.2, 0.25) is 0 Å².